The number of aliphatic hydroxyl groups is 1. The number of urea groups is 1. The number of nitrogens with zero attached hydrogens (tertiary/aromatic N) is 2. The summed E-state index contributed by atoms with van der Waals surface area (Å²) in [5, 5.41) is 24.1. The standard InChI is InChI=1S/C18H27N4O16P3/c1-10(12-4-2-3-5-13(12)22(25)26)34-8-11-7-21(18(24)20-17(11)19)16-6-14(23)15(36-16)9-35-40(30,31)38-41(32,33)37-39(27,28)29/h2-5,7,10,14-17,23H,6,8-9,19H2,1H3,(H,20,24)(H,30,31)(H,32,33)(H2,27,28,29)/t10?,14?,15-,16-,17?/m1/s1. The van der Waals surface area contributed by atoms with Gasteiger partial charge in [0.25, 0.3) is 5.69 Å². The lowest BCUT2D eigenvalue weighted by molar-refractivity contribution is -0.386. The first-order chi connectivity index (χ1) is 18.9. The molecule has 230 valence electrons. The molecule has 0 saturated carbocycles. The highest BCUT2D eigenvalue weighted by molar-refractivity contribution is 7.66. The summed E-state index contributed by atoms with van der Waals surface area (Å²) in [6.07, 6.45) is -4.59. The highest BCUT2D eigenvalue weighted by Gasteiger charge is 2.44. The number of aliphatic hydroxyl groups excluding tert-OH is 1. The van der Waals surface area contributed by atoms with Crippen LogP contribution in [-0.2, 0) is 36.3 Å². The van der Waals surface area contributed by atoms with Gasteiger partial charge in [-0.05, 0) is 13.0 Å². The maximum absolute atomic E-state index is 12.6. The van der Waals surface area contributed by atoms with Gasteiger partial charge in [-0.15, -0.1) is 0 Å². The number of rotatable bonds is 13. The molecular formula is C18H27N4O16P3. The molecule has 3 rings (SSSR count). The summed E-state index contributed by atoms with van der Waals surface area (Å²) < 4.78 is 57.1. The fourth-order valence-corrected chi connectivity index (χ4v) is 6.80. The maximum atomic E-state index is 12.6. The Hall–Kier alpha value is -2.12. The molecule has 2 aliphatic heterocycles. The van der Waals surface area contributed by atoms with Crippen molar-refractivity contribution in [2.45, 2.75) is 44.1 Å². The lowest BCUT2D eigenvalue weighted by Crippen LogP contribution is -2.55. The SMILES string of the molecule is CC(OCC1=CN([C@H]2CC(O)[C@@H](COP(=O)(O)OP(=O)(O)OP(=O)(O)O)O2)C(=O)NC1N)c1ccccc1[N+](=O)[O-]. The second-order valence-electron chi connectivity index (χ2n) is 8.63. The van der Waals surface area contributed by atoms with E-state index in [1.165, 1.54) is 24.4 Å². The molecule has 20 nitrogen and oxygen atoms in total. The summed E-state index contributed by atoms with van der Waals surface area (Å²) in [7, 11) is -16.8. The summed E-state index contributed by atoms with van der Waals surface area (Å²) in [6, 6.07) is 5.24. The Morgan fingerprint density at radius 3 is 2.49 bits per heavy atom. The Labute approximate surface area is 231 Å². The smallest absolute Gasteiger partial charge is 0.390 e. The zero-order chi connectivity index (χ0) is 30.8. The van der Waals surface area contributed by atoms with Gasteiger partial charge in [0.05, 0.1) is 35.9 Å². The van der Waals surface area contributed by atoms with Gasteiger partial charge in [-0.3, -0.25) is 19.5 Å². The first-order valence-electron chi connectivity index (χ1n) is 11.4. The van der Waals surface area contributed by atoms with Crippen molar-refractivity contribution in [1.29, 1.82) is 0 Å². The van der Waals surface area contributed by atoms with Gasteiger partial charge in [-0.25, -0.2) is 18.5 Å². The monoisotopic (exact) mass is 648 g/mol. The fraction of sp³-hybridized carbons (Fsp3) is 0.500. The zero-order valence-corrected chi connectivity index (χ0v) is 23.6. The van der Waals surface area contributed by atoms with Crippen LogP contribution >= 0.6 is 23.5 Å². The van der Waals surface area contributed by atoms with E-state index in [2.05, 4.69) is 18.5 Å². The third-order valence-electron chi connectivity index (χ3n) is 5.62. The molecule has 1 aromatic carbocycles. The number of phosphoric ester groups is 1. The molecule has 2 aliphatic rings. The first kappa shape index (κ1) is 33.4. The van der Waals surface area contributed by atoms with Crippen LogP contribution in [0.25, 0.3) is 0 Å². The molecule has 1 saturated heterocycles. The molecule has 0 aromatic heterocycles. The third kappa shape index (κ3) is 9.44. The number of nitrogens with one attached hydrogen (secondary N) is 1. The largest absolute Gasteiger partial charge is 0.490 e. The molecule has 2 heterocycles. The molecule has 0 spiro atoms. The first-order valence-corrected chi connectivity index (χ1v) is 15.9. The van der Waals surface area contributed by atoms with Crippen molar-refractivity contribution >= 4 is 35.2 Å². The van der Waals surface area contributed by atoms with E-state index >= 15 is 0 Å². The average Bonchev–Trinajstić information content (AvgIpc) is 3.19. The Bertz CT molecular complexity index is 1320. The molecule has 7 atom stereocenters. The van der Waals surface area contributed by atoms with Crippen LogP contribution in [0.5, 0.6) is 0 Å². The summed E-state index contributed by atoms with van der Waals surface area (Å²) in [4.78, 5) is 60.3. The van der Waals surface area contributed by atoms with Crippen LogP contribution in [-0.4, -0.2) is 78.3 Å². The minimum Gasteiger partial charge on any atom is -0.390 e. The van der Waals surface area contributed by atoms with Crippen LogP contribution in [0.4, 0.5) is 10.5 Å². The molecule has 5 unspecified atom stereocenters. The highest BCUT2D eigenvalue weighted by atomic mass is 31.3. The van der Waals surface area contributed by atoms with Crippen molar-refractivity contribution in [2.24, 2.45) is 5.73 Å². The van der Waals surface area contributed by atoms with Crippen molar-refractivity contribution in [2.75, 3.05) is 13.2 Å². The Morgan fingerprint density at radius 1 is 1.20 bits per heavy atom. The van der Waals surface area contributed by atoms with E-state index in [-0.39, 0.29) is 18.7 Å². The lowest BCUT2D eigenvalue weighted by atomic mass is 10.1. The Balaban J connectivity index is 1.63. The molecule has 23 heteroatoms. The minimum atomic E-state index is -5.74. The van der Waals surface area contributed by atoms with E-state index in [1.807, 2.05) is 0 Å². The summed E-state index contributed by atoms with van der Waals surface area (Å²) >= 11 is 0. The predicted octanol–water partition coefficient (Wildman–Crippen LogP) is 0.685. The van der Waals surface area contributed by atoms with Crippen molar-refractivity contribution in [3.8, 4) is 0 Å². The molecule has 0 aliphatic carbocycles. The number of hydrogen-bond donors (Lipinski definition) is 7. The number of ether oxygens (including phenoxy) is 2. The molecule has 0 radical (unpaired) electrons. The van der Waals surface area contributed by atoms with E-state index in [1.54, 1.807) is 13.0 Å². The van der Waals surface area contributed by atoms with Gasteiger partial charge >= 0.3 is 29.5 Å². The molecule has 1 aromatic rings. The van der Waals surface area contributed by atoms with Gasteiger partial charge in [0.15, 0.2) is 0 Å². The Kier molecular flexibility index (Phi) is 10.6. The number of carbonyl (C=O) groups excluding carboxylic acids is 1. The molecule has 41 heavy (non-hydrogen) atoms. The van der Waals surface area contributed by atoms with Gasteiger partial charge in [-0.1, -0.05) is 12.1 Å². The van der Waals surface area contributed by atoms with Gasteiger partial charge in [0, 0.05) is 24.3 Å². The quantitative estimate of drug-likeness (QED) is 0.0878. The molecule has 1 fully saturated rings. The van der Waals surface area contributed by atoms with Crippen LogP contribution in [0, 0.1) is 10.1 Å². The lowest BCUT2D eigenvalue weighted by Gasteiger charge is -2.33. The van der Waals surface area contributed by atoms with Crippen molar-refractivity contribution in [3.63, 3.8) is 0 Å². The van der Waals surface area contributed by atoms with E-state index in [9.17, 15) is 43.5 Å². The van der Waals surface area contributed by atoms with E-state index in [0.717, 1.165) is 4.90 Å². The number of nitrogens with two attached hydrogens (primary N) is 1. The number of amides is 2. The molecular weight excluding hydrogens is 621 g/mol. The molecule has 8 N–H and O–H groups in total. The number of benzene rings is 1. The third-order valence-corrected chi connectivity index (χ3v) is 9.42. The van der Waals surface area contributed by atoms with E-state index < -0.39 is 71.7 Å². The van der Waals surface area contributed by atoms with Gasteiger partial charge in [0.1, 0.15) is 18.5 Å². The number of nitro benzene ring substituents is 1. The molecule has 2 amide bonds. The van der Waals surface area contributed by atoms with Crippen LogP contribution in [0.15, 0.2) is 36.0 Å². The van der Waals surface area contributed by atoms with Crippen LogP contribution in [0.2, 0.25) is 0 Å². The minimum absolute atomic E-state index is 0.146. The normalized spacial score (nSPS) is 27.0. The summed E-state index contributed by atoms with van der Waals surface area (Å²) in [6.45, 7) is 0.492. The van der Waals surface area contributed by atoms with Crippen LogP contribution in [0.3, 0.4) is 0 Å². The predicted molar refractivity (Wildman–Crippen MR) is 133 cm³/mol. The van der Waals surface area contributed by atoms with Crippen LogP contribution in [0.1, 0.15) is 25.0 Å². The topological polar surface area (TPSA) is 300 Å². The number of carbonyl (C=O) groups is 1. The number of para-hydroxylation sites is 1. The zero-order valence-electron chi connectivity index (χ0n) is 20.9. The second kappa shape index (κ2) is 13.0. The van der Waals surface area contributed by atoms with Gasteiger partial charge < -0.3 is 45.2 Å². The van der Waals surface area contributed by atoms with Crippen molar-refractivity contribution in [1.82, 2.24) is 10.2 Å². The second-order valence-corrected chi connectivity index (χ2v) is 13.0. The van der Waals surface area contributed by atoms with Crippen LogP contribution < -0.4 is 11.1 Å². The number of hydrogen-bond acceptors (Lipinski definition) is 13. The maximum Gasteiger partial charge on any atom is 0.490 e. The summed E-state index contributed by atoms with van der Waals surface area (Å²) in [5.41, 5.74) is 6.46. The van der Waals surface area contributed by atoms with Gasteiger partial charge in [-0.2, -0.15) is 8.62 Å². The number of phosphoric acid groups is 3. The molecule has 0 bridgehead atoms. The number of nitro groups is 1. The average molecular weight is 648 g/mol. The summed E-state index contributed by atoms with van der Waals surface area (Å²) in [5.74, 6) is 0. The van der Waals surface area contributed by atoms with E-state index in [0.29, 0.717) is 11.1 Å². The van der Waals surface area contributed by atoms with Gasteiger partial charge in [0.2, 0.25) is 0 Å². The highest BCUT2D eigenvalue weighted by Crippen LogP contribution is 2.66. The fourth-order valence-electron chi connectivity index (χ4n) is 3.77. The van der Waals surface area contributed by atoms with Crippen molar-refractivity contribution < 1.29 is 70.7 Å². The van der Waals surface area contributed by atoms with E-state index in [4.69, 9.17) is 25.0 Å². The van der Waals surface area contributed by atoms with Crippen molar-refractivity contribution in [3.05, 3.63) is 51.7 Å². The Morgan fingerprint density at radius 2 is 1.85 bits per heavy atom.